The number of hydrogen-bond acceptors (Lipinski definition) is 4. The van der Waals surface area contributed by atoms with Crippen LogP contribution < -0.4 is 0 Å². The van der Waals surface area contributed by atoms with Crippen molar-refractivity contribution in [3.8, 4) is 29.4 Å². The van der Waals surface area contributed by atoms with E-state index < -0.39 is 11.7 Å². The molecule has 0 aromatic heterocycles. The summed E-state index contributed by atoms with van der Waals surface area (Å²) < 4.78 is 0. The van der Waals surface area contributed by atoms with Crippen LogP contribution in [0.25, 0.3) is 0 Å². The van der Waals surface area contributed by atoms with Crippen molar-refractivity contribution >= 4 is 5.97 Å². The fourth-order valence-electron chi connectivity index (χ4n) is 1.03. The average molecular weight is 217 g/mol. The molecule has 0 amide bonds. The summed E-state index contributed by atoms with van der Waals surface area (Å²) in [6.07, 6.45) is -0.0251. The minimum atomic E-state index is -1.32. The average Bonchev–Trinajstić information content (AvgIpc) is 2.21. The zero-order valence-electron chi connectivity index (χ0n) is 8.06. The van der Waals surface area contributed by atoms with Gasteiger partial charge in [-0.15, -0.1) is 0 Å². The fourth-order valence-corrected chi connectivity index (χ4v) is 1.03. The highest BCUT2D eigenvalue weighted by Crippen LogP contribution is 2.26. The molecule has 0 bridgehead atoms. The van der Waals surface area contributed by atoms with E-state index in [1.54, 1.807) is 6.07 Å². The number of rotatable bonds is 1. The van der Waals surface area contributed by atoms with Gasteiger partial charge in [-0.05, 0) is 6.07 Å². The molecule has 5 nitrogen and oxygen atoms in total. The van der Waals surface area contributed by atoms with Crippen LogP contribution in [0.3, 0.4) is 0 Å². The van der Waals surface area contributed by atoms with Gasteiger partial charge in [-0.1, -0.05) is 11.8 Å². The second-order valence-corrected chi connectivity index (χ2v) is 2.83. The number of aromatic carboxylic acids is 1. The van der Waals surface area contributed by atoms with E-state index in [0.29, 0.717) is 0 Å². The second kappa shape index (κ2) is 4.72. The molecule has 16 heavy (non-hydrogen) atoms. The molecular formula is C11H7NO4. The molecule has 5 heteroatoms. The Labute approximate surface area is 91.2 Å². The van der Waals surface area contributed by atoms with Crippen molar-refractivity contribution < 1.29 is 20.1 Å². The van der Waals surface area contributed by atoms with Crippen LogP contribution in [-0.2, 0) is 0 Å². The molecule has 3 N–H and O–H groups in total. The van der Waals surface area contributed by atoms with Gasteiger partial charge in [0.25, 0.3) is 0 Å². The van der Waals surface area contributed by atoms with Gasteiger partial charge in [-0.2, -0.15) is 5.26 Å². The first-order valence-corrected chi connectivity index (χ1v) is 4.21. The Morgan fingerprint density at radius 2 is 2.00 bits per heavy atom. The van der Waals surface area contributed by atoms with Gasteiger partial charge in [0.1, 0.15) is 17.1 Å². The molecule has 0 radical (unpaired) electrons. The number of carbonyl (C=O) groups is 1. The van der Waals surface area contributed by atoms with Gasteiger partial charge in [-0.25, -0.2) is 4.79 Å². The molecular weight excluding hydrogens is 210 g/mol. The smallest absolute Gasteiger partial charge is 0.339 e. The maximum absolute atomic E-state index is 10.7. The highest BCUT2D eigenvalue weighted by Gasteiger charge is 2.12. The Bertz CT molecular complexity index is 531. The van der Waals surface area contributed by atoms with E-state index >= 15 is 0 Å². The Morgan fingerprint density at radius 3 is 2.56 bits per heavy atom. The zero-order chi connectivity index (χ0) is 12.1. The predicted molar refractivity (Wildman–Crippen MR) is 53.8 cm³/mol. The van der Waals surface area contributed by atoms with Crippen LogP contribution in [0.15, 0.2) is 12.1 Å². The lowest BCUT2D eigenvalue weighted by Crippen LogP contribution is -1.97. The predicted octanol–water partition coefficient (Wildman–Crippen LogP) is 1.06. The van der Waals surface area contributed by atoms with E-state index in [9.17, 15) is 15.0 Å². The molecule has 1 rings (SSSR count). The molecule has 0 saturated heterocycles. The molecule has 0 atom stereocenters. The Hall–Kier alpha value is -2.66. The van der Waals surface area contributed by atoms with E-state index in [1.807, 2.05) is 0 Å². The molecule has 1 aromatic rings. The Kier molecular flexibility index (Phi) is 3.37. The molecule has 0 unspecified atom stereocenters. The molecule has 0 aliphatic heterocycles. The molecule has 80 valence electrons. The number of phenolic OH excluding ortho intramolecular Hbond substituents is 1. The normalized spacial score (nSPS) is 8.69. The monoisotopic (exact) mass is 217 g/mol. The minimum Gasteiger partial charge on any atom is -0.507 e. The third kappa shape index (κ3) is 2.43. The fraction of sp³-hybridized carbons (Fsp3) is 0.0909. The topological polar surface area (TPSA) is 102 Å². The van der Waals surface area contributed by atoms with Gasteiger partial charge in [0.2, 0.25) is 0 Å². The van der Waals surface area contributed by atoms with Crippen LogP contribution in [0.4, 0.5) is 0 Å². The third-order valence-electron chi connectivity index (χ3n) is 1.73. The second-order valence-electron chi connectivity index (χ2n) is 2.83. The van der Waals surface area contributed by atoms with Crippen LogP contribution >= 0.6 is 0 Å². The quantitative estimate of drug-likeness (QED) is 0.610. The van der Waals surface area contributed by atoms with Crippen molar-refractivity contribution in [1.29, 1.82) is 5.26 Å². The van der Waals surface area contributed by atoms with Crippen LogP contribution in [0.2, 0.25) is 0 Å². The van der Waals surface area contributed by atoms with E-state index in [2.05, 4.69) is 11.8 Å². The Morgan fingerprint density at radius 1 is 1.31 bits per heavy atom. The number of aromatic hydroxyl groups is 2. The standard InChI is InChI=1S/C11H7NO4/c12-4-2-1-3-7-5-8(11(15)16)10(14)6-9(7)13/h5-6,13-14H,2H2,(H,15,16). The van der Waals surface area contributed by atoms with Crippen molar-refractivity contribution in [1.82, 2.24) is 0 Å². The summed E-state index contributed by atoms with van der Waals surface area (Å²) in [5, 5.41) is 35.5. The van der Waals surface area contributed by atoms with E-state index in [4.69, 9.17) is 10.4 Å². The van der Waals surface area contributed by atoms with Crippen LogP contribution in [0.5, 0.6) is 11.5 Å². The molecule has 1 aromatic carbocycles. The van der Waals surface area contributed by atoms with Crippen molar-refractivity contribution in [2.45, 2.75) is 6.42 Å². The lowest BCUT2D eigenvalue weighted by atomic mass is 10.1. The number of phenols is 2. The molecule has 0 spiro atoms. The van der Waals surface area contributed by atoms with Gasteiger partial charge in [0, 0.05) is 6.07 Å². The number of carboxylic acids is 1. The van der Waals surface area contributed by atoms with Crippen molar-refractivity contribution in [3.63, 3.8) is 0 Å². The van der Waals surface area contributed by atoms with E-state index in [-0.39, 0.29) is 23.3 Å². The third-order valence-corrected chi connectivity index (χ3v) is 1.73. The van der Waals surface area contributed by atoms with Crippen molar-refractivity contribution in [2.24, 2.45) is 0 Å². The molecule has 0 fully saturated rings. The molecule has 0 heterocycles. The first kappa shape index (κ1) is 11.4. The minimum absolute atomic E-state index is 0.0251. The summed E-state index contributed by atoms with van der Waals surface area (Å²) in [5.74, 6) is 2.70. The van der Waals surface area contributed by atoms with Crippen LogP contribution in [0.1, 0.15) is 22.3 Å². The first-order chi connectivity index (χ1) is 7.56. The van der Waals surface area contributed by atoms with Gasteiger partial charge in [-0.3, -0.25) is 0 Å². The lowest BCUT2D eigenvalue weighted by molar-refractivity contribution is 0.0693. The van der Waals surface area contributed by atoms with Crippen LogP contribution in [0, 0.1) is 23.2 Å². The Balaban J connectivity index is 3.22. The lowest BCUT2D eigenvalue weighted by Gasteiger charge is -2.02. The van der Waals surface area contributed by atoms with Gasteiger partial charge in [0.15, 0.2) is 0 Å². The highest BCUT2D eigenvalue weighted by atomic mass is 16.4. The van der Waals surface area contributed by atoms with Gasteiger partial charge >= 0.3 is 5.97 Å². The summed E-state index contributed by atoms with van der Waals surface area (Å²) in [4.78, 5) is 10.7. The molecule has 0 aliphatic carbocycles. The summed E-state index contributed by atoms with van der Waals surface area (Å²) in [5.41, 5.74) is -0.287. The number of hydrogen-bond donors (Lipinski definition) is 3. The first-order valence-electron chi connectivity index (χ1n) is 4.21. The van der Waals surface area contributed by atoms with Crippen LogP contribution in [-0.4, -0.2) is 21.3 Å². The van der Waals surface area contributed by atoms with Crippen molar-refractivity contribution in [3.05, 3.63) is 23.3 Å². The summed E-state index contributed by atoms with van der Waals surface area (Å²) in [7, 11) is 0. The summed E-state index contributed by atoms with van der Waals surface area (Å²) in [6, 6.07) is 3.74. The van der Waals surface area contributed by atoms with Gasteiger partial charge in [0.05, 0.1) is 18.1 Å². The number of benzene rings is 1. The molecule has 0 aliphatic rings. The van der Waals surface area contributed by atoms with Crippen molar-refractivity contribution in [2.75, 3.05) is 0 Å². The van der Waals surface area contributed by atoms with Gasteiger partial charge < -0.3 is 15.3 Å². The summed E-state index contributed by atoms with van der Waals surface area (Å²) >= 11 is 0. The zero-order valence-corrected chi connectivity index (χ0v) is 8.06. The maximum atomic E-state index is 10.7. The number of nitriles is 1. The van der Waals surface area contributed by atoms with E-state index in [0.717, 1.165) is 12.1 Å². The number of carboxylic acid groups (broad SMARTS) is 1. The summed E-state index contributed by atoms with van der Waals surface area (Å²) in [6.45, 7) is 0. The number of nitrogens with zero attached hydrogens (tertiary/aromatic N) is 1. The van der Waals surface area contributed by atoms with E-state index in [1.165, 1.54) is 0 Å². The maximum Gasteiger partial charge on any atom is 0.339 e. The largest absolute Gasteiger partial charge is 0.507 e. The molecule has 0 saturated carbocycles. The SMILES string of the molecule is N#CCC#Cc1cc(C(=O)O)c(O)cc1O. The highest BCUT2D eigenvalue weighted by molar-refractivity contribution is 5.91.